The molecule has 2 N–H and O–H groups in total. The van der Waals surface area contributed by atoms with E-state index in [4.69, 9.17) is 16.3 Å². The summed E-state index contributed by atoms with van der Waals surface area (Å²) in [5.41, 5.74) is 2.89. The topological polar surface area (TPSA) is 131 Å². The molecule has 0 spiro atoms. The Bertz CT molecular complexity index is 1330. The van der Waals surface area contributed by atoms with Gasteiger partial charge in [0.05, 0.1) is 29.0 Å². The van der Waals surface area contributed by atoms with Crippen molar-refractivity contribution in [3.05, 3.63) is 69.9 Å². The molecule has 0 amide bonds. The molecule has 2 aromatic heterocycles. The smallest absolute Gasteiger partial charge is 0.354 e. The molecule has 0 saturated carbocycles. The number of benzene rings is 2. The van der Waals surface area contributed by atoms with Gasteiger partial charge in [-0.15, -0.1) is 11.6 Å². The lowest BCUT2D eigenvalue weighted by Crippen LogP contribution is -2.01. The fourth-order valence-electron chi connectivity index (χ4n) is 3.40. The van der Waals surface area contributed by atoms with Crippen molar-refractivity contribution < 1.29 is 19.6 Å². The van der Waals surface area contributed by atoms with Crippen LogP contribution in [0.15, 0.2) is 48.5 Å². The molecule has 9 nitrogen and oxygen atoms in total. The van der Waals surface area contributed by atoms with Crippen molar-refractivity contribution in [2.24, 2.45) is 0 Å². The van der Waals surface area contributed by atoms with Crippen LogP contribution in [-0.4, -0.2) is 38.3 Å². The predicted octanol–water partition coefficient (Wildman–Crippen LogP) is 4.65. The highest BCUT2D eigenvalue weighted by molar-refractivity contribution is 6.17. The second-order valence-electron chi connectivity index (χ2n) is 6.63. The third-order valence-electron chi connectivity index (χ3n) is 4.82. The summed E-state index contributed by atoms with van der Waals surface area (Å²) in [6, 6.07) is 12.8. The molecule has 2 heterocycles. The Morgan fingerprint density at radius 2 is 2.03 bits per heavy atom. The largest absolute Gasteiger partial charge is 0.496 e. The van der Waals surface area contributed by atoms with Crippen molar-refractivity contribution in [2.45, 2.75) is 5.88 Å². The molecule has 0 atom stereocenters. The van der Waals surface area contributed by atoms with Gasteiger partial charge in [-0.3, -0.25) is 15.2 Å². The van der Waals surface area contributed by atoms with Crippen molar-refractivity contribution in [2.75, 3.05) is 7.11 Å². The molecule has 0 radical (unpaired) electrons. The van der Waals surface area contributed by atoms with Crippen molar-refractivity contribution in [1.29, 1.82) is 0 Å². The number of nitro groups is 1. The van der Waals surface area contributed by atoms with Crippen molar-refractivity contribution in [1.82, 2.24) is 15.2 Å². The number of halogens is 1. The first-order valence-corrected chi connectivity index (χ1v) is 9.57. The quantitative estimate of drug-likeness (QED) is 0.254. The van der Waals surface area contributed by atoms with Crippen LogP contribution in [0, 0.1) is 10.1 Å². The Kier molecular flexibility index (Phi) is 5.26. The fraction of sp³-hybridized carbons (Fsp3) is 0.0952. The zero-order valence-electron chi connectivity index (χ0n) is 16.1. The predicted molar refractivity (Wildman–Crippen MR) is 114 cm³/mol. The number of rotatable bonds is 6. The molecular formula is C21H15ClN4O5. The number of methoxy groups -OCH3 is 1. The van der Waals surface area contributed by atoms with E-state index in [1.54, 1.807) is 30.3 Å². The fourth-order valence-corrected chi connectivity index (χ4v) is 3.60. The van der Waals surface area contributed by atoms with Crippen LogP contribution in [0.1, 0.15) is 16.1 Å². The molecule has 10 heteroatoms. The summed E-state index contributed by atoms with van der Waals surface area (Å²) >= 11 is 6.05. The van der Waals surface area contributed by atoms with Crippen LogP contribution in [0.3, 0.4) is 0 Å². The summed E-state index contributed by atoms with van der Waals surface area (Å²) in [5, 5.41) is 28.2. The van der Waals surface area contributed by atoms with Gasteiger partial charge in [-0.2, -0.15) is 5.10 Å². The second kappa shape index (κ2) is 8.04. The Balaban J connectivity index is 2.02. The summed E-state index contributed by atoms with van der Waals surface area (Å²) in [6.07, 6.45) is 0. The van der Waals surface area contributed by atoms with Gasteiger partial charge in [-0.05, 0) is 29.3 Å². The number of pyridine rings is 1. The van der Waals surface area contributed by atoms with Crippen LogP contribution in [-0.2, 0) is 5.88 Å². The zero-order chi connectivity index (χ0) is 22.1. The summed E-state index contributed by atoms with van der Waals surface area (Å²) in [4.78, 5) is 26.5. The van der Waals surface area contributed by atoms with E-state index in [0.717, 1.165) is 5.56 Å². The number of fused-ring (bicyclic) bond motifs is 1. The normalized spacial score (nSPS) is 10.9. The highest BCUT2D eigenvalue weighted by Gasteiger charge is 2.20. The van der Waals surface area contributed by atoms with Gasteiger partial charge in [0, 0.05) is 23.3 Å². The number of H-pyrrole nitrogens is 1. The van der Waals surface area contributed by atoms with Gasteiger partial charge in [0.25, 0.3) is 5.69 Å². The molecule has 2 aromatic carbocycles. The molecule has 0 unspecified atom stereocenters. The zero-order valence-corrected chi connectivity index (χ0v) is 16.9. The van der Waals surface area contributed by atoms with Gasteiger partial charge in [0.2, 0.25) is 0 Å². The number of carbonyl (C=O) groups is 1. The number of non-ortho nitro benzene ring substituents is 1. The van der Waals surface area contributed by atoms with Crippen molar-refractivity contribution in [3.8, 4) is 28.1 Å². The standard InChI is InChI=1S/C21H15ClN4O5/c1-31-17-6-5-11(7-13(17)10-22)15-9-16(21(27)28)23-20-18(15)19(24-25-20)12-3-2-4-14(8-12)26(29)30/h2-9H,10H2,1H3,(H,27,28)(H,23,24,25). The first kappa shape index (κ1) is 20.3. The maximum absolute atomic E-state index is 11.6. The van der Waals surface area contributed by atoms with E-state index in [9.17, 15) is 20.0 Å². The number of alkyl halides is 1. The van der Waals surface area contributed by atoms with Gasteiger partial charge in [-0.1, -0.05) is 18.2 Å². The number of aromatic amines is 1. The molecule has 4 rings (SSSR count). The van der Waals surface area contributed by atoms with E-state index < -0.39 is 10.9 Å². The van der Waals surface area contributed by atoms with Gasteiger partial charge < -0.3 is 9.84 Å². The molecule has 0 aliphatic heterocycles. The van der Waals surface area contributed by atoms with Crippen LogP contribution in [0.4, 0.5) is 5.69 Å². The number of nitro benzene ring substituents is 1. The lowest BCUT2D eigenvalue weighted by molar-refractivity contribution is -0.384. The van der Waals surface area contributed by atoms with Gasteiger partial charge >= 0.3 is 5.97 Å². The number of nitrogens with zero attached hydrogens (tertiary/aromatic N) is 3. The monoisotopic (exact) mass is 438 g/mol. The molecule has 156 valence electrons. The second-order valence-corrected chi connectivity index (χ2v) is 6.89. The SMILES string of the molecule is COc1ccc(-c2cc(C(=O)O)nc3n[nH]c(-c4cccc([N+](=O)[O-])c4)c23)cc1CCl. The Morgan fingerprint density at radius 3 is 2.71 bits per heavy atom. The van der Waals surface area contributed by atoms with Crippen LogP contribution >= 0.6 is 11.6 Å². The number of carboxylic acid groups (broad SMARTS) is 1. The van der Waals surface area contributed by atoms with Crippen LogP contribution in [0.2, 0.25) is 0 Å². The van der Waals surface area contributed by atoms with E-state index >= 15 is 0 Å². The van der Waals surface area contributed by atoms with Crippen molar-refractivity contribution >= 4 is 34.3 Å². The van der Waals surface area contributed by atoms with E-state index in [2.05, 4.69) is 15.2 Å². The molecule has 0 bridgehead atoms. The lowest BCUT2D eigenvalue weighted by atomic mass is 9.97. The van der Waals surface area contributed by atoms with E-state index in [-0.39, 0.29) is 22.9 Å². The minimum absolute atomic E-state index is 0.0780. The number of carboxylic acids is 1. The molecular weight excluding hydrogens is 424 g/mol. The highest BCUT2D eigenvalue weighted by atomic mass is 35.5. The van der Waals surface area contributed by atoms with Crippen LogP contribution < -0.4 is 4.74 Å². The minimum Gasteiger partial charge on any atom is -0.496 e. The summed E-state index contributed by atoms with van der Waals surface area (Å²) in [6.45, 7) is 0. The summed E-state index contributed by atoms with van der Waals surface area (Å²) in [5.74, 6) is -0.400. The summed E-state index contributed by atoms with van der Waals surface area (Å²) in [7, 11) is 1.54. The Labute approximate surface area is 180 Å². The number of ether oxygens (including phenoxy) is 1. The third-order valence-corrected chi connectivity index (χ3v) is 5.11. The summed E-state index contributed by atoms with van der Waals surface area (Å²) < 4.78 is 5.32. The highest BCUT2D eigenvalue weighted by Crippen LogP contribution is 2.37. The van der Waals surface area contributed by atoms with Crippen LogP contribution in [0.25, 0.3) is 33.4 Å². The Morgan fingerprint density at radius 1 is 1.23 bits per heavy atom. The van der Waals surface area contributed by atoms with Gasteiger partial charge in [0.1, 0.15) is 5.75 Å². The maximum atomic E-state index is 11.6. The molecule has 31 heavy (non-hydrogen) atoms. The molecule has 0 aliphatic rings. The number of hydrogen-bond acceptors (Lipinski definition) is 6. The number of aromatic nitrogens is 3. The number of aromatic carboxylic acids is 1. The molecule has 0 saturated heterocycles. The van der Waals surface area contributed by atoms with Gasteiger partial charge in [-0.25, -0.2) is 9.78 Å². The molecule has 4 aromatic rings. The van der Waals surface area contributed by atoms with E-state index in [0.29, 0.717) is 33.5 Å². The minimum atomic E-state index is -1.20. The van der Waals surface area contributed by atoms with E-state index in [1.165, 1.54) is 25.3 Å². The average molecular weight is 439 g/mol. The lowest BCUT2D eigenvalue weighted by Gasteiger charge is -2.11. The molecule has 0 aliphatic carbocycles. The van der Waals surface area contributed by atoms with Gasteiger partial charge in [0.15, 0.2) is 11.3 Å². The Hall–Kier alpha value is -3.98. The first-order valence-electron chi connectivity index (χ1n) is 9.03. The third kappa shape index (κ3) is 3.66. The van der Waals surface area contributed by atoms with E-state index in [1.807, 2.05) is 0 Å². The number of hydrogen-bond donors (Lipinski definition) is 2. The first-order chi connectivity index (χ1) is 14.9. The number of nitrogens with one attached hydrogen (secondary N) is 1. The maximum Gasteiger partial charge on any atom is 0.354 e. The average Bonchev–Trinajstić information content (AvgIpc) is 3.22. The molecule has 0 fully saturated rings. The van der Waals surface area contributed by atoms with Crippen molar-refractivity contribution in [3.63, 3.8) is 0 Å². The van der Waals surface area contributed by atoms with Crippen LogP contribution in [0.5, 0.6) is 5.75 Å².